The van der Waals surface area contributed by atoms with Gasteiger partial charge in [-0.1, -0.05) is 37.8 Å². The number of rotatable bonds is 8. The van der Waals surface area contributed by atoms with E-state index in [-0.39, 0.29) is 6.54 Å². The molecule has 0 saturated carbocycles. The zero-order valence-corrected chi connectivity index (χ0v) is 10.6. The van der Waals surface area contributed by atoms with Gasteiger partial charge >= 0.3 is 5.97 Å². The van der Waals surface area contributed by atoms with Crippen LogP contribution >= 0.6 is 0 Å². The second-order valence-electron chi connectivity index (χ2n) is 3.90. The summed E-state index contributed by atoms with van der Waals surface area (Å²) in [5.41, 5.74) is 0.988. The zero-order valence-electron chi connectivity index (χ0n) is 10.6. The van der Waals surface area contributed by atoms with Crippen LogP contribution in [0.3, 0.4) is 0 Å². The molecule has 1 rings (SSSR count). The largest absolute Gasteiger partial charge is 0.489 e. The highest BCUT2D eigenvalue weighted by Gasteiger charge is 2.11. The van der Waals surface area contributed by atoms with E-state index in [1.165, 1.54) is 0 Å². The summed E-state index contributed by atoms with van der Waals surface area (Å²) in [5, 5.41) is 8.82. The molecule has 0 aliphatic rings. The SMILES string of the molecule is C=CCOc1ccccc1CN(CC)CC(=O)O. The Hall–Kier alpha value is -1.81. The molecule has 1 N–H and O–H groups in total. The normalized spacial score (nSPS) is 10.3. The third-order valence-electron chi connectivity index (χ3n) is 2.53. The van der Waals surface area contributed by atoms with Gasteiger partial charge in [-0.25, -0.2) is 0 Å². The number of carboxylic acids is 1. The average molecular weight is 249 g/mol. The lowest BCUT2D eigenvalue weighted by atomic mass is 10.2. The van der Waals surface area contributed by atoms with Crippen LogP contribution < -0.4 is 4.74 Å². The molecule has 1 aromatic rings. The van der Waals surface area contributed by atoms with Gasteiger partial charge in [-0.2, -0.15) is 0 Å². The Morgan fingerprint density at radius 3 is 2.83 bits per heavy atom. The van der Waals surface area contributed by atoms with Crippen LogP contribution in [0.15, 0.2) is 36.9 Å². The summed E-state index contributed by atoms with van der Waals surface area (Å²) in [7, 11) is 0. The molecular formula is C14H19NO3. The number of hydrogen-bond acceptors (Lipinski definition) is 3. The van der Waals surface area contributed by atoms with Crippen LogP contribution in [0.25, 0.3) is 0 Å². The summed E-state index contributed by atoms with van der Waals surface area (Å²) in [6.45, 7) is 7.28. The lowest BCUT2D eigenvalue weighted by Crippen LogP contribution is -2.29. The maximum absolute atomic E-state index is 10.7. The van der Waals surface area contributed by atoms with Crippen molar-refractivity contribution in [1.82, 2.24) is 4.90 Å². The maximum Gasteiger partial charge on any atom is 0.317 e. The Bertz CT molecular complexity index is 404. The Morgan fingerprint density at radius 2 is 2.22 bits per heavy atom. The lowest BCUT2D eigenvalue weighted by molar-refractivity contribution is -0.138. The van der Waals surface area contributed by atoms with Crippen molar-refractivity contribution in [2.75, 3.05) is 19.7 Å². The van der Waals surface area contributed by atoms with Crippen molar-refractivity contribution in [3.8, 4) is 5.75 Å². The summed E-state index contributed by atoms with van der Waals surface area (Å²) in [5.74, 6) is -0.0393. The van der Waals surface area contributed by atoms with Crippen molar-refractivity contribution in [3.63, 3.8) is 0 Å². The third-order valence-corrected chi connectivity index (χ3v) is 2.53. The summed E-state index contributed by atoms with van der Waals surface area (Å²) in [4.78, 5) is 12.6. The molecule has 0 atom stereocenters. The van der Waals surface area contributed by atoms with Crippen molar-refractivity contribution >= 4 is 5.97 Å². The first-order valence-electron chi connectivity index (χ1n) is 5.93. The summed E-state index contributed by atoms with van der Waals surface area (Å²) in [6.07, 6.45) is 1.69. The second-order valence-corrected chi connectivity index (χ2v) is 3.90. The number of benzene rings is 1. The molecule has 1 aromatic carbocycles. The van der Waals surface area contributed by atoms with Gasteiger partial charge in [0.15, 0.2) is 0 Å². The highest BCUT2D eigenvalue weighted by molar-refractivity contribution is 5.69. The summed E-state index contributed by atoms with van der Waals surface area (Å²) >= 11 is 0. The van der Waals surface area contributed by atoms with Crippen LogP contribution in [0, 0.1) is 0 Å². The number of nitrogens with zero attached hydrogens (tertiary/aromatic N) is 1. The van der Waals surface area contributed by atoms with Crippen molar-refractivity contribution in [1.29, 1.82) is 0 Å². The molecule has 4 heteroatoms. The zero-order chi connectivity index (χ0) is 13.4. The Kier molecular flexibility index (Phi) is 5.94. The fraction of sp³-hybridized carbons (Fsp3) is 0.357. The molecule has 0 aliphatic heterocycles. The standard InChI is InChI=1S/C14H19NO3/c1-3-9-18-13-8-6-5-7-12(13)10-15(4-2)11-14(16)17/h3,5-8H,1,4,9-11H2,2H3,(H,16,17). The number of carboxylic acid groups (broad SMARTS) is 1. The Morgan fingerprint density at radius 1 is 1.50 bits per heavy atom. The van der Waals surface area contributed by atoms with Gasteiger partial charge in [0.05, 0.1) is 6.54 Å². The number of carbonyl (C=O) groups is 1. The quantitative estimate of drug-likeness (QED) is 0.717. The van der Waals surface area contributed by atoms with Crippen LogP contribution in [-0.2, 0) is 11.3 Å². The topological polar surface area (TPSA) is 49.8 Å². The first-order valence-corrected chi connectivity index (χ1v) is 5.93. The predicted octanol–water partition coefficient (Wildman–Crippen LogP) is 2.16. The van der Waals surface area contributed by atoms with E-state index in [1.807, 2.05) is 36.1 Å². The summed E-state index contributed by atoms with van der Waals surface area (Å²) < 4.78 is 5.54. The molecule has 0 heterocycles. The van der Waals surface area contributed by atoms with Crippen molar-refractivity contribution in [3.05, 3.63) is 42.5 Å². The van der Waals surface area contributed by atoms with Gasteiger partial charge in [0.25, 0.3) is 0 Å². The van der Waals surface area contributed by atoms with Gasteiger partial charge < -0.3 is 9.84 Å². The minimum Gasteiger partial charge on any atom is -0.489 e. The second kappa shape index (κ2) is 7.50. The average Bonchev–Trinajstić information content (AvgIpc) is 2.36. The van der Waals surface area contributed by atoms with Crippen molar-refractivity contribution in [2.45, 2.75) is 13.5 Å². The van der Waals surface area contributed by atoms with Gasteiger partial charge in [-0.3, -0.25) is 9.69 Å². The van der Waals surface area contributed by atoms with Crippen LogP contribution in [0.2, 0.25) is 0 Å². The molecule has 0 radical (unpaired) electrons. The van der Waals surface area contributed by atoms with E-state index >= 15 is 0 Å². The van der Waals surface area contributed by atoms with Crippen molar-refractivity contribution in [2.24, 2.45) is 0 Å². The highest BCUT2D eigenvalue weighted by Crippen LogP contribution is 2.19. The molecule has 0 saturated heterocycles. The number of aliphatic carboxylic acids is 1. The molecule has 98 valence electrons. The van der Waals surface area contributed by atoms with E-state index < -0.39 is 5.97 Å². The van der Waals surface area contributed by atoms with E-state index in [0.29, 0.717) is 19.7 Å². The molecule has 0 fully saturated rings. The van der Waals surface area contributed by atoms with E-state index in [9.17, 15) is 4.79 Å². The highest BCUT2D eigenvalue weighted by atomic mass is 16.5. The molecule has 18 heavy (non-hydrogen) atoms. The lowest BCUT2D eigenvalue weighted by Gasteiger charge is -2.19. The number of ether oxygens (including phenoxy) is 1. The fourth-order valence-electron chi connectivity index (χ4n) is 1.64. The third kappa shape index (κ3) is 4.59. The van der Waals surface area contributed by atoms with Crippen LogP contribution in [0.1, 0.15) is 12.5 Å². The smallest absolute Gasteiger partial charge is 0.317 e. The minimum absolute atomic E-state index is 0.0340. The molecule has 0 amide bonds. The first kappa shape index (κ1) is 14.3. The summed E-state index contributed by atoms with van der Waals surface area (Å²) in [6, 6.07) is 7.65. The van der Waals surface area contributed by atoms with E-state index in [4.69, 9.17) is 9.84 Å². The maximum atomic E-state index is 10.7. The van der Waals surface area contributed by atoms with Crippen LogP contribution in [0.4, 0.5) is 0 Å². The Labute approximate surface area is 107 Å². The Balaban J connectivity index is 2.74. The van der Waals surface area contributed by atoms with E-state index in [1.54, 1.807) is 6.08 Å². The van der Waals surface area contributed by atoms with Crippen LogP contribution in [0.5, 0.6) is 5.75 Å². The molecule has 0 bridgehead atoms. The van der Waals surface area contributed by atoms with E-state index in [2.05, 4.69) is 6.58 Å². The molecule has 0 unspecified atom stereocenters. The number of likely N-dealkylation sites (N-methyl/N-ethyl adjacent to an activating group) is 1. The van der Waals surface area contributed by atoms with Crippen LogP contribution in [-0.4, -0.2) is 35.7 Å². The van der Waals surface area contributed by atoms with Gasteiger partial charge in [0.2, 0.25) is 0 Å². The molecular weight excluding hydrogens is 230 g/mol. The van der Waals surface area contributed by atoms with E-state index in [0.717, 1.165) is 11.3 Å². The van der Waals surface area contributed by atoms with Gasteiger partial charge in [-0.15, -0.1) is 0 Å². The van der Waals surface area contributed by atoms with Gasteiger partial charge in [0, 0.05) is 12.1 Å². The molecule has 0 spiro atoms. The van der Waals surface area contributed by atoms with Gasteiger partial charge in [0.1, 0.15) is 12.4 Å². The first-order chi connectivity index (χ1) is 8.67. The number of para-hydroxylation sites is 1. The van der Waals surface area contributed by atoms with Gasteiger partial charge in [-0.05, 0) is 12.6 Å². The predicted molar refractivity (Wildman–Crippen MR) is 70.7 cm³/mol. The fourth-order valence-corrected chi connectivity index (χ4v) is 1.64. The monoisotopic (exact) mass is 249 g/mol. The minimum atomic E-state index is -0.818. The number of hydrogen-bond donors (Lipinski definition) is 1. The molecule has 0 aliphatic carbocycles. The molecule has 0 aromatic heterocycles. The van der Waals surface area contributed by atoms with Crippen molar-refractivity contribution < 1.29 is 14.6 Å². The molecule has 4 nitrogen and oxygen atoms in total.